The molecule has 0 N–H and O–H groups in total. The van der Waals surface area contributed by atoms with Crippen LogP contribution in [0.4, 0.5) is 0 Å². The van der Waals surface area contributed by atoms with Gasteiger partial charge in [0, 0.05) is 18.3 Å². The molecular weight excluding hydrogens is 384 g/mol. The van der Waals surface area contributed by atoms with E-state index in [-0.39, 0.29) is 28.5 Å². The maximum Gasteiger partial charge on any atom is 0.265 e. The minimum absolute atomic E-state index is 0.0582. The number of allylic oxidation sites excluding steroid dienone is 1. The molecule has 0 unspecified atom stereocenters. The molecule has 1 aliphatic rings. The number of carbonyl (C=O) groups is 1. The number of hydrogen-bond donors (Lipinski definition) is 0. The van der Waals surface area contributed by atoms with Crippen LogP contribution < -0.4 is 0 Å². The van der Waals surface area contributed by atoms with Gasteiger partial charge in [-0.2, -0.15) is 0 Å². The first-order chi connectivity index (χ1) is 14.1. The van der Waals surface area contributed by atoms with Crippen LogP contribution in [0.1, 0.15) is 28.0 Å². The summed E-state index contributed by atoms with van der Waals surface area (Å²) < 4.78 is 27.8. The van der Waals surface area contributed by atoms with Crippen LogP contribution in [0.25, 0.3) is 6.08 Å². The maximum absolute atomic E-state index is 13.3. The molecule has 0 amide bonds. The first kappa shape index (κ1) is 19.1. The third-order valence-corrected chi connectivity index (χ3v) is 6.71. The molecule has 146 valence electrons. The lowest BCUT2D eigenvalue weighted by atomic mass is 10.1. The zero-order valence-corrected chi connectivity index (χ0v) is 16.5. The van der Waals surface area contributed by atoms with Crippen LogP contribution >= 0.6 is 0 Å². The van der Waals surface area contributed by atoms with Gasteiger partial charge in [0.15, 0.2) is 0 Å². The number of rotatable bonds is 5. The Morgan fingerprint density at radius 3 is 2.38 bits per heavy atom. The number of carbonyl (C=O) groups excluding carboxylic acids is 1. The number of nitrogens with zero attached hydrogens (tertiary/aromatic N) is 2. The van der Waals surface area contributed by atoms with Gasteiger partial charge in [0.1, 0.15) is 5.70 Å². The Labute approximate surface area is 170 Å². The molecule has 0 atom stereocenters. The predicted octanol–water partition coefficient (Wildman–Crippen LogP) is 3.94. The van der Waals surface area contributed by atoms with Crippen molar-refractivity contribution in [3.05, 3.63) is 102 Å². The van der Waals surface area contributed by atoms with Crippen molar-refractivity contribution in [2.45, 2.75) is 17.7 Å². The highest BCUT2D eigenvalue weighted by molar-refractivity contribution is 7.89. The molecule has 0 fully saturated rings. The van der Waals surface area contributed by atoms with Crippen LogP contribution in [-0.4, -0.2) is 30.0 Å². The molecule has 0 spiro atoms. The molecule has 0 aliphatic carbocycles. The Bertz CT molecular complexity index is 1160. The van der Waals surface area contributed by atoms with Gasteiger partial charge in [-0.25, -0.2) is 8.42 Å². The van der Waals surface area contributed by atoms with E-state index in [1.165, 1.54) is 10.4 Å². The second-order valence-corrected chi connectivity index (χ2v) is 8.61. The number of sulfonamides is 1. The number of aryl methyl sites for hydroxylation is 1. The molecule has 5 nitrogen and oxygen atoms in total. The fourth-order valence-corrected chi connectivity index (χ4v) is 5.12. The van der Waals surface area contributed by atoms with E-state index in [1.54, 1.807) is 48.7 Å². The van der Waals surface area contributed by atoms with Crippen molar-refractivity contribution in [3.8, 4) is 0 Å². The number of aromatic nitrogens is 1. The van der Waals surface area contributed by atoms with Gasteiger partial charge in [-0.15, -0.1) is 0 Å². The highest BCUT2D eigenvalue weighted by Crippen LogP contribution is 2.33. The average Bonchev–Trinajstić information content (AvgIpc) is 2.75. The van der Waals surface area contributed by atoms with Gasteiger partial charge in [0.25, 0.3) is 10.0 Å². The molecule has 1 aliphatic heterocycles. The van der Waals surface area contributed by atoms with E-state index in [9.17, 15) is 13.2 Å². The maximum atomic E-state index is 13.3. The second kappa shape index (κ2) is 8.01. The van der Waals surface area contributed by atoms with Gasteiger partial charge in [-0.3, -0.25) is 14.1 Å². The third-order valence-electron chi connectivity index (χ3n) is 4.84. The Balaban J connectivity index is 1.72. The van der Waals surface area contributed by atoms with Gasteiger partial charge in [0.2, 0.25) is 5.78 Å². The highest BCUT2D eigenvalue weighted by atomic mass is 32.2. The highest BCUT2D eigenvalue weighted by Gasteiger charge is 2.38. The predicted molar refractivity (Wildman–Crippen MR) is 112 cm³/mol. The summed E-state index contributed by atoms with van der Waals surface area (Å²) in [5.74, 6) is -0.305. The van der Waals surface area contributed by atoms with Gasteiger partial charge in [-0.1, -0.05) is 48.5 Å². The topological polar surface area (TPSA) is 67.3 Å². The number of hydrogen-bond acceptors (Lipinski definition) is 4. The Hall–Kier alpha value is -3.25. The zero-order chi connectivity index (χ0) is 20.3. The van der Waals surface area contributed by atoms with E-state index in [2.05, 4.69) is 4.98 Å². The molecule has 0 radical (unpaired) electrons. The Morgan fingerprint density at radius 2 is 1.62 bits per heavy atom. The van der Waals surface area contributed by atoms with Crippen molar-refractivity contribution in [1.82, 2.24) is 9.29 Å². The minimum atomic E-state index is -3.82. The van der Waals surface area contributed by atoms with E-state index in [0.717, 1.165) is 12.0 Å². The van der Waals surface area contributed by atoms with Crippen LogP contribution in [0.2, 0.25) is 0 Å². The lowest BCUT2D eigenvalue weighted by Gasteiger charge is -2.31. The first-order valence-corrected chi connectivity index (χ1v) is 10.8. The van der Waals surface area contributed by atoms with Gasteiger partial charge < -0.3 is 0 Å². The van der Waals surface area contributed by atoms with Crippen molar-refractivity contribution in [3.63, 3.8) is 0 Å². The molecule has 0 saturated heterocycles. The van der Waals surface area contributed by atoms with Crippen molar-refractivity contribution >= 4 is 21.9 Å². The molecule has 2 aromatic carbocycles. The number of ketones is 1. The van der Waals surface area contributed by atoms with Crippen LogP contribution in [-0.2, 0) is 16.4 Å². The zero-order valence-electron chi connectivity index (χ0n) is 15.7. The van der Waals surface area contributed by atoms with E-state index in [4.69, 9.17) is 0 Å². The van der Waals surface area contributed by atoms with Gasteiger partial charge in [0.05, 0.1) is 10.6 Å². The fourth-order valence-electron chi connectivity index (χ4n) is 3.43. The van der Waals surface area contributed by atoms with Crippen molar-refractivity contribution < 1.29 is 13.2 Å². The Kier molecular flexibility index (Phi) is 5.27. The summed E-state index contributed by atoms with van der Waals surface area (Å²) in [6.07, 6.45) is 4.48. The Morgan fingerprint density at radius 1 is 0.897 bits per heavy atom. The number of fused-ring (bicyclic) bond motifs is 1. The van der Waals surface area contributed by atoms with Gasteiger partial charge >= 0.3 is 0 Å². The smallest absolute Gasteiger partial charge is 0.265 e. The lowest BCUT2D eigenvalue weighted by Crippen LogP contribution is -2.39. The SMILES string of the molecule is O=C1/C(=C\c2ccccn2)N(CCCc2ccccc2)S(=O)(=O)c2ccccc21. The number of benzene rings is 2. The minimum Gasteiger partial charge on any atom is -0.287 e. The number of Topliss-reactive ketones (excluding diaryl/α,β-unsaturated/α-hetero) is 1. The standard InChI is InChI=1S/C23H20N2O3S/c26-23-20-13-4-5-14-22(20)29(27,28)25(16-8-11-18-9-2-1-3-10-18)21(23)17-19-12-6-7-15-24-19/h1-7,9-10,12-15,17H,8,11,16H2/b21-17+. The third kappa shape index (κ3) is 3.84. The quantitative estimate of drug-likeness (QED) is 0.604. The molecule has 4 rings (SSSR count). The molecular formula is C23H20N2O3S. The van der Waals surface area contributed by atoms with E-state index >= 15 is 0 Å². The van der Waals surface area contributed by atoms with Crippen LogP contribution in [0, 0.1) is 0 Å². The van der Waals surface area contributed by atoms with Gasteiger partial charge in [-0.05, 0) is 48.7 Å². The van der Waals surface area contributed by atoms with Crippen molar-refractivity contribution in [2.75, 3.05) is 6.54 Å². The summed E-state index contributed by atoms with van der Waals surface area (Å²) in [5, 5.41) is 0. The summed E-state index contributed by atoms with van der Waals surface area (Å²) >= 11 is 0. The molecule has 29 heavy (non-hydrogen) atoms. The first-order valence-electron chi connectivity index (χ1n) is 9.40. The molecule has 0 bridgehead atoms. The fraction of sp³-hybridized carbons (Fsp3) is 0.130. The van der Waals surface area contributed by atoms with E-state index in [0.29, 0.717) is 12.1 Å². The molecule has 6 heteroatoms. The summed E-state index contributed by atoms with van der Waals surface area (Å²) in [6, 6.07) is 21.6. The molecule has 0 saturated carbocycles. The molecule has 3 aromatic rings. The average molecular weight is 404 g/mol. The second-order valence-electron chi connectivity index (χ2n) is 6.78. The van der Waals surface area contributed by atoms with E-state index < -0.39 is 10.0 Å². The monoisotopic (exact) mass is 404 g/mol. The van der Waals surface area contributed by atoms with Crippen molar-refractivity contribution in [2.24, 2.45) is 0 Å². The van der Waals surface area contributed by atoms with E-state index in [1.807, 2.05) is 30.3 Å². The summed E-state index contributed by atoms with van der Waals surface area (Å²) in [5.41, 5.74) is 2.01. The van der Waals surface area contributed by atoms with Crippen LogP contribution in [0.15, 0.2) is 89.6 Å². The lowest BCUT2D eigenvalue weighted by molar-refractivity contribution is 0.100. The number of pyridine rings is 1. The normalized spacial score (nSPS) is 16.6. The summed E-state index contributed by atoms with van der Waals surface area (Å²) in [4.78, 5) is 17.4. The molecule has 2 heterocycles. The summed E-state index contributed by atoms with van der Waals surface area (Å²) in [7, 11) is -3.82. The van der Waals surface area contributed by atoms with Crippen LogP contribution in [0.3, 0.4) is 0 Å². The molecule has 1 aromatic heterocycles. The summed E-state index contributed by atoms with van der Waals surface area (Å²) in [6.45, 7) is 0.218. The van der Waals surface area contributed by atoms with Crippen molar-refractivity contribution in [1.29, 1.82) is 0 Å². The largest absolute Gasteiger partial charge is 0.287 e. The van der Waals surface area contributed by atoms with Crippen LogP contribution in [0.5, 0.6) is 0 Å².